The number of benzene rings is 6. The van der Waals surface area contributed by atoms with Crippen LogP contribution in [0.5, 0.6) is 0 Å². The average molecular weight is 1020 g/mol. The molecule has 1 aliphatic rings. The minimum Gasteiger partial charge on any atom is -0.500 e. The summed E-state index contributed by atoms with van der Waals surface area (Å²) < 4.78 is 35.3. The summed E-state index contributed by atoms with van der Waals surface area (Å²) in [5.41, 5.74) is 10.2. The minimum absolute atomic E-state index is 0. The summed E-state index contributed by atoms with van der Waals surface area (Å²) in [7, 11) is 0. The van der Waals surface area contributed by atoms with Gasteiger partial charge in [0.2, 0.25) is 0 Å². The largest absolute Gasteiger partial charge is 0.500 e. The fourth-order valence-corrected chi connectivity index (χ4v) is 10.8. The van der Waals surface area contributed by atoms with E-state index in [0.29, 0.717) is 5.56 Å². The van der Waals surface area contributed by atoms with E-state index in [9.17, 15) is 1.37 Å². The first-order valence-corrected chi connectivity index (χ1v) is 22.2. The molecular weight excluding hydrogens is 959 g/mol. The molecule has 0 amide bonds. The van der Waals surface area contributed by atoms with Crippen LogP contribution in [-0.4, -0.2) is 14.4 Å². The molecule has 0 unspecified atom stereocenters. The van der Waals surface area contributed by atoms with E-state index in [1.165, 1.54) is 27.2 Å². The van der Waals surface area contributed by atoms with E-state index >= 15 is 0 Å². The molecule has 0 saturated heterocycles. The first kappa shape index (κ1) is 38.6. The number of hydrogen-bond acceptors (Lipinski definition) is 3. The molecule has 1 fully saturated rings. The van der Waals surface area contributed by atoms with Crippen molar-refractivity contribution in [3.8, 4) is 22.5 Å². The molecule has 1 aliphatic carbocycles. The van der Waals surface area contributed by atoms with Crippen molar-refractivity contribution in [3.63, 3.8) is 0 Å². The maximum absolute atomic E-state index is 9.78. The third-order valence-corrected chi connectivity index (χ3v) is 12.8. The Hall–Kier alpha value is -5.87. The Morgan fingerprint density at radius 3 is 2.16 bits per heavy atom. The van der Waals surface area contributed by atoms with E-state index in [-0.39, 0.29) is 30.9 Å². The van der Waals surface area contributed by atoms with Crippen LogP contribution < -0.4 is 0 Å². The molecule has 5 aromatic heterocycles. The van der Waals surface area contributed by atoms with E-state index in [4.69, 9.17) is 12.1 Å². The van der Waals surface area contributed by atoms with Gasteiger partial charge in [0.1, 0.15) is 5.58 Å². The topological polar surface area (TPSA) is 43.3 Å². The SMILES string of the molecule is [2H]C([2H])(c1ccc(-c2[c-]cccc2)nc1)C(C)(C)C.[2H]C1(c2ccc3c(c2)c2cccc4c5cnc(-c6[c-]ccc7c6oc6c8ccccc8ccc76)cc5n3c24)CC(C)(C)CC(C)(C)C1.[Ir]. The van der Waals surface area contributed by atoms with Gasteiger partial charge in [0, 0.05) is 74.4 Å². The molecule has 0 spiro atoms. The molecule has 6 aromatic carbocycles. The first-order chi connectivity index (χ1) is 31.4. The Labute approximate surface area is 393 Å². The normalized spacial score (nSPS) is 16.8. The molecule has 5 heteroatoms. The van der Waals surface area contributed by atoms with Crippen LogP contribution in [0.4, 0.5) is 0 Å². The average Bonchev–Trinajstić information content (AvgIpc) is 3.95. The molecule has 1 saturated carbocycles. The molecule has 0 bridgehead atoms. The van der Waals surface area contributed by atoms with Crippen molar-refractivity contribution in [1.29, 1.82) is 0 Å². The van der Waals surface area contributed by atoms with E-state index in [0.717, 1.165) is 91.0 Å². The third-order valence-electron chi connectivity index (χ3n) is 12.8. The van der Waals surface area contributed by atoms with Gasteiger partial charge in [-0.25, -0.2) is 0 Å². The van der Waals surface area contributed by atoms with Gasteiger partial charge >= 0.3 is 0 Å². The Morgan fingerprint density at radius 1 is 0.672 bits per heavy atom. The standard InChI is InChI=1S/C43H35N2O.C16H18N.Ir/c1-42(2)21-27(22-43(3,4)24-42)26-16-18-37-34(19-26)29-11-7-12-30-35-23-44-36(20-38(35)45(37)39(29)30)33-14-8-13-31-32-17-15-25-9-5-6-10-28(25)40(32)46-41(31)33;1-16(2,3)11-13-9-10-15(17-12-13)14-7-5-4-6-8-14;/h5-13,15-20,23,27H,21-22,24H2,1-4H3;4-7,9-10,12H,11H2,1-3H3;/q2*-1;/i27D;11D2;. The number of furan rings is 1. The fourth-order valence-electron chi connectivity index (χ4n) is 10.8. The summed E-state index contributed by atoms with van der Waals surface area (Å²) in [6.45, 7) is 15.0. The Morgan fingerprint density at radius 2 is 1.41 bits per heavy atom. The van der Waals surface area contributed by atoms with Crippen molar-refractivity contribution in [1.82, 2.24) is 14.4 Å². The first-order valence-electron chi connectivity index (χ1n) is 23.7. The van der Waals surface area contributed by atoms with Crippen molar-refractivity contribution in [2.75, 3.05) is 0 Å². The van der Waals surface area contributed by atoms with Crippen LogP contribution in [0.2, 0.25) is 0 Å². The van der Waals surface area contributed by atoms with E-state index in [1.807, 2.05) is 69.4 Å². The van der Waals surface area contributed by atoms with Gasteiger partial charge in [-0.1, -0.05) is 138 Å². The van der Waals surface area contributed by atoms with Crippen LogP contribution in [0.1, 0.15) is 88.9 Å². The minimum atomic E-state index is -1.40. The molecule has 321 valence electrons. The molecule has 0 aliphatic heterocycles. The van der Waals surface area contributed by atoms with Gasteiger partial charge in [-0.2, -0.15) is 0 Å². The summed E-state index contributed by atoms with van der Waals surface area (Å²) >= 11 is 0. The van der Waals surface area contributed by atoms with E-state index in [2.05, 4.69) is 134 Å². The predicted molar refractivity (Wildman–Crippen MR) is 264 cm³/mol. The zero-order chi connectivity index (χ0) is 46.0. The number of rotatable bonds is 4. The molecule has 5 heterocycles. The Bertz CT molecular complexity index is 3640. The summed E-state index contributed by atoms with van der Waals surface area (Å²) in [6, 6.07) is 50.3. The molecule has 12 rings (SSSR count). The maximum atomic E-state index is 9.78. The van der Waals surface area contributed by atoms with Crippen LogP contribution in [-0.2, 0) is 26.5 Å². The second kappa shape index (κ2) is 15.7. The second-order valence-corrected chi connectivity index (χ2v) is 20.3. The van der Waals surface area contributed by atoms with Crippen molar-refractivity contribution in [3.05, 3.63) is 163 Å². The number of nitrogens with zero attached hydrogens (tertiary/aromatic N) is 3. The van der Waals surface area contributed by atoms with Gasteiger partial charge in [0.25, 0.3) is 0 Å². The molecule has 0 N–H and O–H groups in total. The molecule has 11 aromatic rings. The van der Waals surface area contributed by atoms with E-state index in [1.54, 1.807) is 6.20 Å². The van der Waals surface area contributed by atoms with Crippen molar-refractivity contribution < 1.29 is 28.6 Å². The van der Waals surface area contributed by atoms with Crippen LogP contribution in [0.15, 0.2) is 144 Å². The van der Waals surface area contributed by atoms with Crippen molar-refractivity contribution >= 4 is 70.8 Å². The zero-order valence-corrected chi connectivity index (χ0v) is 39.9. The summed E-state index contributed by atoms with van der Waals surface area (Å²) in [4.78, 5) is 9.37. The van der Waals surface area contributed by atoms with Gasteiger partial charge in [-0.15, -0.1) is 54.1 Å². The maximum Gasteiger partial charge on any atom is 0.128 e. The van der Waals surface area contributed by atoms with Crippen LogP contribution >= 0.6 is 0 Å². The van der Waals surface area contributed by atoms with Gasteiger partial charge in [-0.3, -0.25) is 0 Å². The number of pyridine rings is 2. The zero-order valence-electron chi connectivity index (χ0n) is 40.5. The number of fused-ring (bicyclic) bond motifs is 11. The molecule has 0 atom stereocenters. The van der Waals surface area contributed by atoms with Gasteiger partial charge in [0.15, 0.2) is 0 Å². The third kappa shape index (κ3) is 7.47. The molecule has 64 heavy (non-hydrogen) atoms. The van der Waals surface area contributed by atoms with Gasteiger partial charge in [0.05, 0.1) is 16.6 Å². The van der Waals surface area contributed by atoms with Crippen LogP contribution in [0.3, 0.4) is 0 Å². The Kier molecular flexibility index (Phi) is 9.45. The summed E-state index contributed by atoms with van der Waals surface area (Å²) in [5, 5.41) is 9.24. The predicted octanol–water partition coefficient (Wildman–Crippen LogP) is 16.2. The van der Waals surface area contributed by atoms with Crippen molar-refractivity contribution in [2.45, 2.75) is 80.0 Å². The smallest absolute Gasteiger partial charge is 0.128 e. The quantitative estimate of drug-likeness (QED) is 0.165. The van der Waals surface area contributed by atoms with Crippen LogP contribution in [0.25, 0.3) is 93.3 Å². The summed E-state index contributed by atoms with van der Waals surface area (Å²) in [5.74, 6) is -0.614. The second-order valence-electron chi connectivity index (χ2n) is 20.3. The van der Waals surface area contributed by atoms with E-state index < -0.39 is 17.7 Å². The van der Waals surface area contributed by atoms with Crippen LogP contribution in [0, 0.1) is 28.4 Å². The molecule has 1 radical (unpaired) electrons. The monoisotopic (exact) mass is 1020 g/mol. The van der Waals surface area contributed by atoms with Crippen molar-refractivity contribution in [2.24, 2.45) is 16.2 Å². The Balaban J connectivity index is 0.000000222. The van der Waals surface area contributed by atoms with Gasteiger partial charge in [-0.05, 0) is 87.8 Å². The number of para-hydroxylation sites is 1. The molecular formula is C59H53IrN3O-2. The fraction of sp³-hybridized carbons (Fsp3) is 0.254. The summed E-state index contributed by atoms with van der Waals surface area (Å²) in [6.07, 6.45) is 5.13. The number of hydrogen-bond donors (Lipinski definition) is 0. The van der Waals surface area contributed by atoms with Gasteiger partial charge < -0.3 is 18.8 Å². The molecule has 4 nitrogen and oxygen atoms in total. The number of aromatic nitrogens is 3.